The minimum Gasteiger partial charge on any atom is -0.497 e. The summed E-state index contributed by atoms with van der Waals surface area (Å²) in [7, 11) is 1.51. The molecule has 23 heavy (non-hydrogen) atoms. The second-order valence-electron chi connectivity index (χ2n) is 5.52. The standard InChI is InChI=1S/C17H21NO5/c1-5-12-14(15(19)20)11-9-10(23-4)7-8-13(11)18(6-2)17(12,3)16(21)22/h7-9H,5-6H2,1-4H3,(H,19,20)(H,21,22). The largest absolute Gasteiger partial charge is 0.497 e. The van der Waals surface area contributed by atoms with Gasteiger partial charge in [-0.05, 0) is 44.0 Å². The van der Waals surface area contributed by atoms with Crippen LogP contribution in [0.4, 0.5) is 5.69 Å². The SMILES string of the molecule is CCC1=C(C(=O)O)c2cc(OC)ccc2N(CC)C1(C)C(=O)O. The van der Waals surface area contributed by atoms with Gasteiger partial charge in [0.15, 0.2) is 5.54 Å². The molecule has 0 aromatic heterocycles. The highest BCUT2D eigenvalue weighted by Gasteiger charge is 2.48. The van der Waals surface area contributed by atoms with Crippen LogP contribution in [0.2, 0.25) is 0 Å². The molecule has 1 aliphatic rings. The fraction of sp³-hybridized carbons (Fsp3) is 0.412. The molecule has 6 heteroatoms. The van der Waals surface area contributed by atoms with E-state index in [0.717, 1.165) is 0 Å². The van der Waals surface area contributed by atoms with Crippen LogP contribution in [0.3, 0.4) is 0 Å². The molecule has 1 aliphatic heterocycles. The molecular weight excluding hydrogens is 298 g/mol. The summed E-state index contributed by atoms with van der Waals surface area (Å²) in [6.07, 6.45) is 0.331. The van der Waals surface area contributed by atoms with Gasteiger partial charge in [-0.1, -0.05) is 6.92 Å². The zero-order valence-electron chi connectivity index (χ0n) is 13.7. The topological polar surface area (TPSA) is 87.1 Å². The summed E-state index contributed by atoms with van der Waals surface area (Å²) >= 11 is 0. The quantitative estimate of drug-likeness (QED) is 0.867. The number of methoxy groups -OCH3 is 1. The number of fused-ring (bicyclic) bond motifs is 1. The molecule has 0 saturated heterocycles. The van der Waals surface area contributed by atoms with Crippen LogP contribution in [-0.4, -0.2) is 41.3 Å². The predicted molar refractivity (Wildman–Crippen MR) is 86.9 cm³/mol. The normalized spacial score (nSPS) is 20.3. The third kappa shape index (κ3) is 2.34. The molecule has 0 bridgehead atoms. The van der Waals surface area contributed by atoms with Crippen LogP contribution in [0.15, 0.2) is 23.8 Å². The van der Waals surface area contributed by atoms with E-state index in [-0.39, 0.29) is 5.57 Å². The lowest BCUT2D eigenvalue weighted by atomic mass is 9.77. The molecule has 1 atom stereocenters. The zero-order valence-corrected chi connectivity index (χ0v) is 13.7. The number of nitrogens with zero attached hydrogens (tertiary/aromatic N) is 1. The first-order chi connectivity index (χ1) is 10.8. The highest BCUT2D eigenvalue weighted by molar-refractivity contribution is 6.21. The molecule has 0 spiro atoms. The smallest absolute Gasteiger partial charge is 0.336 e. The lowest BCUT2D eigenvalue weighted by Crippen LogP contribution is -2.56. The van der Waals surface area contributed by atoms with Crippen molar-refractivity contribution in [1.82, 2.24) is 0 Å². The Balaban J connectivity index is 2.91. The lowest BCUT2D eigenvalue weighted by molar-refractivity contribution is -0.141. The van der Waals surface area contributed by atoms with Gasteiger partial charge in [-0.25, -0.2) is 9.59 Å². The molecule has 2 rings (SSSR count). The third-order valence-electron chi connectivity index (χ3n) is 4.49. The van der Waals surface area contributed by atoms with Crippen LogP contribution in [0.5, 0.6) is 5.75 Å². The molecule has 1 heterocycles. The molecule has 0 fully saturated rings. The van der Waals surface area contributed by atoms with Crippen molar-refractivity contribution in [2.24, 2.45) is 0 Å². The van der Waals surface area contributed by atoms with Crippen molar-refractivity contribution in [2.75, 3.05) is 18.6 Å². The second kappa shape index (κ2) is 5.95. The number of ether oxygens (including phenoxy) is 1. The molecule has 1 aromatic carbocycles. The first-order valence-corrected chi connectivity index (χ1v) is 7.49. The van der Waals surface area contributed by atoms with Gasteiger partial charge < -0.3 is 19.8 Å². The van der Waals surface area contributed by atoms with E-state index in [1.54, 1.807) is 36.9 Å². The van der Waals surface area contributed by atoms with E-state index in [1.165, 1.54) is 7.11 Å². The van der Waals surface area contributed by atoms with Gasteiger partial charge in [0.2, 0.25) is 0 Å². The zero-order chi connectivity index (χ0) is 17.4. The number of benzene rings is 1. The van der Waals surface area contributed by atoms with Crippen molar-refractivity contribution in [1.29, 1.82) is 0 Å². The monoisotopic (exact) mass is 319 g/mol. The summed E-state index contributed by atoms with van der Waals surface area (Å²) in [5, 5.41) is 19.5. The summed E-state index contributed by atoms with van der Waals surface area (Å²) < 4.78 is 5.20. The van der Waals surface area contributed by atoms with E-state index in [9.17, 15) is 19.8 Å². The average Bonchev–Trinajstić information content (AvgIpc) is 2.52. The molecule has 1 aromatic rings. The lowest BCUT2D eigenvalue weighted by Gasteiger charge is -2.45. The maximum absolute atomic E-state index is 12.0. The van der Waals surface area contributed by atoms with Crippen molar-refractivity contribution in [2.45, 2.75) is 32.7 Å². The van der Waals surface area contributed by atoms with Gasteiger partial charge >= 0.3 is 11.9 Å². The van der Waals surface area contributed by atoms with Crippen LogP contribution in [-0.2, 0) is 9.59 Å². The van der Waals surface area contributed by atoms with Crippen LogP contribution in [0, 0.1) is 0 Å². The highest BCUT2D eigenvalue weighted by atomic mass is 16.5. The number of anilines is 1. The van der Waals surface area contributed by atoms with E-state index in [0.29, 0.717) is 35.5 Å². The fourth-order valence-electron chi connectivity index (χ4n) is 3.38. The molecule has 0 aliphatic carbocycles. The van der Waals surface area contributed by atoms with Gasteiger partial charge in [-0.15, -0.1) is 0 Å². The predicted octanol–water partition coefficient (Wildman–Crippen LogP) is 2.63. The van der Waals surface area contributed by atoms with Gasteiger partial charge in [0.25, 0.3) is 0 Å². The summed E-state index contributed by atoms with van der Waals surface area (Å²) in [5.74, 6) is -1.65. The Morgan fingerprint density at radius 2 is 1.91 bits per heavy atom. The van der Waals surface area contributed by atoms with Crippen molar-refractivity contribution in [3.8, 4) is 5.75 Å². The van der Waals surface area contributed by atoms with E-state index in [2.05, 4.69) is 0 Å². The third-order valence-corrected chi connectivity index (χ3v) is 4.49. The van der Waals surface area contributed by atoms with Gasteiger partial charge in [0.1, 0.15) is 5.75 Å². The number of likely N-dealkylation sites (N-methyl/N-ethyl adjacent to an activating group) is 1. The molecule has 1 unspecified atom stereocenters. The fourth-order valence-corrected chi connectivity index (χ4v) is 3.38. The number of hydrogen-bond acceptors (Lipinski definition) is 4. The number of carbonyl (C=O) groups is 2. The number of aliphatic carboxylic acids is 2. The molecule has 0 amide bonds. The average molecular weight is 319 g/mol. The van der Waals surface area contributed by atoms with Crippen LogP contribution in [0.25, 0.3) is 5.57 Å². The summed E-state index contributed by atoms with van der Waals surface area (Å²) in [6.45, 7) is 5.64. The molecule has 0 saturated carbocycles. The van der Waals surface area contributed by atoms with E-state index in [4.69, 9.17) is 4.74 Å². The Kier molecular flexibility index (Phi) is 4.36. The Morgan fingerprint density at radius 1 is 1.26 bits per heavy atom. The molecule has 6 nitrogen and oxygen atoms in total. The number of carboxylic acid groups (broad SMARTS) is 2. The first kappa shape index (κ1) is 16.9. The molecular formula is C17H21NO5. The summed E-state index contributed by atoms with van der Waals surface area (Å²) in [6, 6.07) is 5.08. The number of hydrogen-bond donors (Lipinski definition) is 2. The van der Waals surface area contributed by atoms with Gasteiger partial charge in [0, 0.05) is 17.8 Å². The van der Waals surface area contributed by atoms with E-state index < -0.39 is 17.5 Å². The minimum atomic E-state index is -1.39. The Labute approximate surface area is 135 Å². The summed E-state index contributed by atoms with van der Waals surface area (Å²) in [4.78, 5) is 25.6. The minimum absolute atomic E-state index is 0.0519. The van der Waals surface area contributed by atoms with Gasteiger partial charge in [-0.2, -0.15) is 0 Å². The maximum atomic E-state index is 12.0. The van der Waals surface area contributed by atoms with E-state index in [1.807, 2.05) is 6.92 Å². The van der Waals surface area contributed by atoms with Crippen LogP contribution in [0.1, 0.15) is 32.8 Å². The molecule has 2 N–H and O–H groups in total. The Bertz CT molecular complexity index is 694. The highest BCUT2D eigenvalue weighted by Crippen LogP contribution is 2.46. The summed E-state index contributed by atoms with van der Waals surface area (Å²) in [5.41, 5.74) is 0.136. The van der Waals surface area contributed by atoms with Crippen molar-refractivity contribution in [3.63, 3.8) is 0 Å². The van der Waals surface area contributed by atoms with Crippen molar-refractivity contribution in [3.05, 3.63) is 29.3 Å². The number of carboxylic acids is 2. The first-order valence-electron chi connectivity index (χ1n) is 7.49. The van der Waals surface area contributed by atoms with Crippen LogP contribution >= 0.6 is 0 Å². The Hall–Kier alpha value is -2.50. The van der Waals surface area contributed by atoms with Crippen molar-refractivity contribution >= 4 is 23.2 Å². The van der Waals surface area contributed by atoms with Crippen molar-refractivity contribution < 1.29 is 24.5 Å². The molecule has 124 valence electrons. The Morgan fingerprint density at radius 3 is 2.35 bits per heavy atom. The number of rotatable bonds is 5. The maximum Gasteiger partial charge on any atom is 0.336 e. The van der Waals surface area contributed by atoms with Gasteiger partial charge in [0.05, 0.1) is 12.7 Å². The van der Waals surface area contributed by atoms with E-state index >= 15 is 0 Å². The molecule has 0 radical (unpaired) electrons. The second-order valence-corrected chi connectivity index (χ2v) is 5.52. The van der Waals surface area contributed by atoms with Crippen LogP contribution < -0.4 is 9.64 Å². The van der Waals surface area contributed by atoms with Gasteiger partial charge in [-0.3, -0.25) is 0 Å².